The maximum absolute atomic E-state index is 13.6. The Bertz CT molecular complexity index is 1070. The molecule has 0 bridgehead atoms. The van der Waals surface area contributed by atoms with Gasteiger partial charge >= 0.3 is 0 Å². The molecule has 3 N–H and O–H groups in total. The van der Waals surface area contributed by atoms with E-state index in [2.05, 4.69) is 6.92 Å². The largest absolute Gasteiger partial charge is 0.508 e. The minimum atomic E-state index is -0.801. The zero-order valence-electron chi connectivity index (χ0n) is 22.0. The zero-order chi connectivity index (χ0) is 26.7. The molecule has 1 aromatic rings. The van der Waals surface area contributed by atoms with Gasteiger partial charge in [-0.25, -0.2) is 0 Å². The van der Waals surface area contributed by atoms with Crippen LogP contribution in [0.1, 0.15) is 83.6 Å². The van der Waals surface area contributed by atoms with Crippen LogP contribution >= 0.6 is 11.6 Å². The van der Waals surface area contributed by atoms with Crippen LogP contribution in [0.25, 0.3) is 6.08 Å². The van der Waals surface area contributed by atoms with Crippen molar-refractivity contribution in [1.82, 2.24) is 4.90 Å². The first-order chi connectivity index (χ1) is 17.8. The Morgan fingerprint density at radius 3 is 2.57 bits per heavy atom. The van der Waals surface area contributed by atoms with Crippen molar-refractivity contribution >= 4 is 29.5 Å². The molecule has 0 unspecified atom stereocenters. The minimum Gasteiger partial charge on any atom is -0.508 e. The molecule has 0 spiro atoms. The second kappa shape index (κ2) is 12.1. The van der Waals surface area contributed by atoms with Crippen molar-refractivity contribution < 1.29 is 24.9 Å². The lowest BCUT2D eigenvalue weighted by Crippen LogP contribution is -2.42. The van der Waals surface area contributed by atoms with Gasteiger partial charge in [0.1, 0.15) is 5.75 Å². The summed E-state index contributed by atoms with van der Waals surface area (Å²) in [5.74, 6) is -1.67. The molecule has 202 valence electrons. The maximum atomic E-state index is 13.6. The van der Waals surface area contributed by atoms with Crippen molar-refractivity contribution in [2.75, 3.05) is 6.61 Å². The van der Waals surface area contributed by atoms with Crippen LogP contribution in [0.4, 0.5) is 0 Å². The number of carbonyl (C=O) groups is 2. The van der Waals surface area contributed by atoms with Gasteiger partial charge in [-0.05, 0) is 74.8 Å². The quantitative estimate of drug-likeness (QED) is 0.284. The number of aromatic hydroxyl groups is 1. The molecule has 3 aliphatic rings. The van der Waals surface area contributed by atoms with Gasteiger partial charge in [-0.15, -0.1) is 0 Å². The van der Waals surface area contributed by atoms with Gasteiger partial charge in [-0.2, -0.15) is 0 Å². The number of hydrogen-bond donors (Lipinski definition) is 3. The number of aliphatic hydroxyl groups is 2. The minimum absolute atomic E-state index is 0.0267. The van der Waals surface area contributed by atoms with E-state index in [1.807, 2.05) is 13.0 Å². The van der Waals surface area contributed by atoms with Crippen molar-refractivity contribution in [2.45, 2.75) is 90.2 Å². The highest BCUT2D eigenvalue weighted by Gasteiger charge is 2.56. The summed E-state index contributed by atoms with van der Waals surface area (Å²) in [5, 5.41) is 31.9. The molecule has 37 heavy (non-hydrogen) atoms. The van der Waals surface area contributed by atoms with Crippen LogP contribution in [0.15, 0.2) is 34.9 Å². The van der Waals surface area contributed by atoms with Crippen LogP contribution in [0.2, 0.25) is 5.02 Å². The van der Waals surface area contributed by atoms with Gasteiger partial charge in [0.15, 0.2) is 0 Å². The Morgan fingerprint density at radius 1 is 1.19 bits per heavy atom. The van der Waals surface area contributed by atoms with Gasteiger partial charge < -0.3 is 15.3 Å². The van der Waals surface area contributed by atoms with Crippen molar-refractivity contribution in [2.24, 2.45) is 17.8 Å². The fraction of sp³-hybridized carbons (Fsp3) is 0.600. The summed E-state index contributed by atoms with van der Waals surface area (Å²) in [6.45, 7) is 3.79. The normalized spacial score (nSPS) is 26.1. The monoisotopic (exact) mass is 529 g/mol. The first-order valence-electron chi connectivity index (χ1n) is 13.8. The smallest absolute Gasteiger partial charge is 0.234 e. The number of rotatable bonds is 9. The predicted octanol–water partition coefficient (Wildman–Crippen LogP) is 5.63. The number of phenols is 1. The van der Waals surface area contributed by atoms with E-state index < -0.39 is 23.9 Å². The molecule has 4 rings (SSSR count). The van der Waals surface area contributed by atoms with Crippen LogP contribution in [0.3, 0.4) is 0 Å². The van der Waals surface area contributed by atoms with Gasteiger partial charge in [0.25, 0.3) is 0 Å². The van der Waals surface area contributed by atoms with Gasteiger partial charge in [-0.1, -0.05) is 61.4 Å². The summed E-state index contributed by atoms with van der Waals surface area (Å²) >= 11 is 6.24. The van der Waals surface area contributed by atoms with E-state index in [-0.39, 0.29) is 30.2 Å². The summed E-state index contributed by atoms with van der Waals surface area (Å²) in [5.41, 5.74) is 3.62. The second-order valence-corrected chi connectivity index (χ2v) is 11.4. The second-order valence-electron chi connectivity index (χ2n) is 11.0. The number of phenolic OH excluding ortho intramolecular Hbond substituents is 1. The number of hydrogen-bond acceptors (Lipinski definition) is 5. The Kier molecular flexibility index (Phi) is 9.15. The average molecular weight is 530 g/mol. The van der Waals surface area contributed by atoms with Crippen molar-refractivity contribution in [1.29, 1.82) is 0 Å². The van der Waals surface area contributed by atoms with E-state index in [1.54, 1.807) is 12.1 Å². The number of amides is 2. The summed E-state index contributed by atoms with van der Waals surface area (Å²) < 4.78 is 0. The Hall–Kier alpha value is -2.15. The molecule has 1 saturated carbocycles. The molecular formula is C30H40ClNO5. The third-order valence-electron chi connectivity index (χ3n) is 8.46. The van der Waals surface area contributed by atoms with E-state index in [1.165, 1.54) is 11.0 Å². The maximum Gasteiger partial charge on any atom is 0.234 e. The van der Waals surface area contributed by atoms with Gasteiger partial charge in [0.2, 0.25) is 11.8 Å². The summed E-state index contributed by atoms with van der Waals surface area (Å²) in [7, 11) is 0. The highest BCUT2D eigenvalue weighted by molar-refractivity contribution is 6.32. The van der Waals surface area contributed by atoms with Gasteiger partial charge in [-0.3, -0.25) is 14.5 Å². The predicted molar refractivity (Wildman–Crippen MR) is 145 cm³/mol. The van der Waals surface area contributed by atoms with Gasteiger partial charge in [0.05, 0.1) is 29.6 Å². The zero-order valence-corrected chi connectivity index (χ0v) is 22.7. The fourth-order valence-corrected chi connectivity index (χ4v) is 6.94. The highest BCUT2D eigenvalue weighted by Crippen LogP contribution is 2.48. The fourth-order valence-electron chi connectivity index (χ4n) is 6.71. The number of aliphatic hydroxyl groups excluding tert-OH is 2. The first-order valence-corrected chi connectivity index (χ1v) is 14.2. The molecule has 1 aliphatic heterocycles. The molecule has 0 aromatic heterocycles. The molecule has 1 aromatic carbocycles. The number of allylic oxidation sites excluding steroid dienone is 2. The molecule has 6 nitrogen and oxygen atoms in total. The molecule has 2 amide bonds. The topological polar surface area (TPSA) is 98.1 Å². The average Bonchev–Trinajstić information content (AvgIpc) is 3.13. The number of imide groups is 1. The molecule has 0 radical (unpaired) electrons. The van der Waals surface area contributed by atoms with E-state index in [0.717, 1.165) is 67.2 Å². The lowest BCUT2D eigenvalue weighted by Gasteiger charge is -2.36. The van der Waals surface area contributed by atoms with Crippen LogP contribution in [-0.4, -0.2) is 50.8 Å². The Labute approximate surface area is 225 Å². The SMILES string of the molecule is CCCC1=C([C@H](O)CC/C(C)=C/c2ccc(O)cc2Cl)[C@H](CO)[C@@H]2C(=O)N(C3CCCCC3)C(=O)[C@@H]2C1. The number of halogens is 1. The van der Waals surface area contributed by atoms with E-state index in [9.17, 15) is 24.9 Å². The molecule has 2 fully saturated rings. The summed E-state index contributed by atoms with van der Waals surface area (Å²) in [6.07, 6.45) is 9.24. The molecule has 1 heterocycles. The number of carbonyl (C=O) groups excluding carboxylic acids is 2. The van der Waals surface area contributed by atoms with Gasteiger partial charge in [0, 0.05) is 12.0 Å². The van der Waals surface area contributed by atoms with Crippen molar-refractivity contribution in [3.05, 3.63) is 45.5 Å². The molecule has 4 atom stereocenters. The third-order valence-corrected chi connectivity index (χ3v) is 8.79. The number of likely N-dealkylation sites (tertiary alicyclic amines) is 1. The van der Waals surface area contributed by atoms with Crippen LogP contribution in [-0.2, 0) is 9.59 Å². The van der Waals surface area contributed by atoms with E-state index in [4.69, 9.17) is 11.6 Å². The van der Waals surface area contributed by atoms with E-state index >= 15 is 0 Å². The van der Waals surface area contributed by atoms with Crippen LogP contribution in [0, 0.1) is 17.8 Å². The Morgan fingerprint density at radius 2 is 1.92 bits per heavy atom. The van der Waals surface area contributed by atoms with E-state index in [0.29, 0.717) is 24.3 Å². The van der Waals surface area contributed by atoms with Crippen molar-refractivity contribution in [3.63, 3.8) is 0 Å². The Balaban J connectivity index is 1.55. The van der Waals surface area contributed by atoms with Crippen LogP contribution < -0.4 is 0 Å². The third kappa shape index (κ3) is 5.81. The molecular weight excluding hydrogens is 490 g/mol. The number of fused-ring (bicyclic) bond motifs is 1. The number of nitrogens with zero attached hydrogens (tertiary/aromatic N) is 1. The standard InChI is InChI=1S/C30H40ClNO5/c1-3-7-20-15-23-28(30(37)32(29(23)36)21-8-5-4-6-9-21)24(17-33)27(20)26(35)13-10-18(2)14-19-11-12-22(34)16-25(19)31/h11-12,14,16,21,23-24,26,28,33-35H,3-10,13,15,17H2,1-2H3/b18-14+/t23-,24+,26-,28-/m1/s1. The lowest BCUT2D eigenvalue weighted by atomic mass is 9.67. The molecule has 7 heteroatoms. The summed E-state index contributed by atoms with van der Waals surface area (Å²) in [4.78, 5) is 28.6. The summed E-state index contributed by atoms with van der Waals surface area (Å²) in [6, 6.07) is 4.81. The molecule has 1 saturated heterocycles. The van der Waals surface area contributed by atoms with Crippen LogP contribution in [0.5, 0.6) is 5.75 Å². The highest BCUT2D eigenvalue weighted by atomic mass is 35.5. The molecule has 2 aliphatic carbocycles. The van der Waals surface area contributed by atoms with Crippen molar-refractivity contribution in [3.8, 4) is 5.75 Å². The first kappa shape index (κ1) is 27.9. The lowest BCUT2D eigenvalue weighted by molar-refractivity contribution is -0.143. The number of benzene rings is 1.